The maximum atomic E-state index is 12.0. The zero-order chi connectivity index (χ0) is 13.3. The Bertz CT molecular complexity index is 673. The van der Waals surface area contributed by atoms with E-state index in [2.05, 4.69) is 10.8 Å². The molecule has 0 spiro atoms. The first-order chi connectivity index (χ1) is 9.15. The van der Waals surface area contributed by atoms with Crippen LogP contribution in [0.2, 0.25) is 0 Å². The SMILES string of the molecule is O=S(=O)(NCc1ccc2sccc2c1)N1CCCC1. The van der Waals surface area contributed by atoms with Gasteiger partial charge in [0.05, 0.1) is 0 Å². The van der Waals surface area contributed by atoms with E-state index in [-0.39, 0.29) is 0 Å². The first kappa shape index (κ1) is 13.1. The molecule has 1 N–H and O–H groups in total. The van der Waals surface area contributed by atoms with E-state index in [4.69, 9.17) is 0 Å². The third-order valence-electron chi connectivity index (χ3n) is 3.38. The van der Waals surface area contributed by atoms with Crippen molar-refractivity contribution in [2.75, 3.05) is 13.1 Å². The average molecular weight is 296 g/mol. The van der Waals surface area contributed by atoms with Gasteiger partial charge in [0.1, 0.15) is 0 Å². The number of rotatable bonds is 4. The van der Waals surface area contributed by atoms with Crippen LogP contribution in [0, 0.1) is 0 Å². The van der Waals surface area contributed by atoms with Gasteiger partial charge in [-0.2, -0.15) is 17.4 Å². The Morgan fingerprint density at radius 2 is 2.00 bits per heavy atom. The van der Waals surface area contributed by atoms with E-state index in [0.717, 1.165) is 18.4 Å². The highest BCUT2D eigenvalue weighted by Crippen LogP contribution is 2.22. The topological polar surface area (TPSA) is 49.4 Å². The van der Waals surface area contributed by atoms with Crippen molar-refractivity contribution < 1.29 is 8.42 Å². The van der Waals surface area contributed by atoms with Crippen LogP contribution in [0.15, 0.2) is 29.6 Å². The van der Waals surface area contributed by atoms with Crippen LogP contribution in [0.3, 0.4) is 0 Å². The summed E-state index contributed by atoms with van der Waals surface area (Å²) in [5.41, 5.74) is 0.994. The van der Waals surface area contributed by atoms with Gasteiger partial charge in [0.2, 0.25) is 0 Å². The summed E-state index contributed by atoms with van der Waals surface area (Å²) in [5, 5.41) is 3.21. The standard InChI is InChI=1S/C13H16N2O2S2/c16-19(17,15-6-1-2-7-15)14-10-11-3-4-13-12(9-11)5-8-18-13/h3-5,8-9,14H,1-2,6-7,10H2. The third kappa shape index (κ3) is 2.81. The van der Waals surface area contributed by atoms with Gasteiger partial charge in [0, 0.05) is 24.3 Å². The first-order valence-electron chi connectivity index (χ1n) is 6.36. The smallest absolute Gasteiger partial charge is 0.198 e. The van der Waals surface area contributed by atoms with E-state index in [1.54, 1.807) is 11.3 Å². The number of benzene rings is 1. The summed E-state index contributed by atoms with van der Waals surface area (Å²) >= 11 is 1.69. The molecule has 1 saturated heterocycles. The van der Waals surface area contributed by atoms with Crippen molar-refractivity contribution in [1.29, 1.82) is 0 Å². The van der Waals surface area contributed by atoms with Gasteiger partial charge in [-0.3, -0.25) is 0 Å². The lowest BCUT2D eigenvalue weighted by Crippen LogP contribution is -2.38. The molecule has 0 saturated carbocycles. The molecule has 0 unspecified atom stereocenters. The van der Waals surface area contributed by atoms with Crippen LogP contribution in [0.4, 0.5) is 0 Å². The molecule has 2 aromatic rings. The van der Waals surface area contributed by atoms with E-state index >= 15 is 0 Å². The molecule has 2 heterocycles. The average Bonchev–Trinajstić information content (AvgIpc) is 3.07. The van der Waals surface area contributed by atoms with Gasteiger partial charge >= 0.3 is 0 Å². The van der Waals surface area contributed by atoms with E-state index in [9.17, 15) is 8.42 Å². The third-order valence-corrected chi connectivity index (χ3v) is 5.83. The second kappa shape index (κ2) is 5.20. The van der Waals surface area contributed by atoms with Crippen molar-refractivity contribution in [2.24, 2.45) is 0 Å². The Balaban J connectivity index is 1.71. The molecule has 19 heavy (non-hydrogen) atoms. The summed E-state index contributed by atoms with van der Waals surface area (Å²) in [4.78, 5) is 0. The summed E-state index contributed by atoms with van der Waals surface area (Å²) in [7, 11) is -3.31. The fraction of sp³-hybridized carbons (Fsp3) is 0.385. The second-order valence-corrected chi connectivity index (χ2v) is 7.43. The Labute approximate surface area is 117 Å². The van der Waals surface area contributed by atoms with Crippen molar-refractivity contribution in [3.63, 3.8) is 0 Å². The van der Waals surface area contributed by atoms with Gasteiger partial charge in [0.25, 0.3) is 10.2 Å². The Morgan fingerprint density at radius 1 is 1.21 bits per heavy atom. The molecule has 0 radical (unpaired) electrons. The molecule has 3 rings (SSSR count). The summed E-state index contributed by atoms with van der Waals surface area (Å²) < 4.78 is 29.5. The van der Waals surface area contributed by atoms with Gasteiger partial charge in [-0.05, 0) is 47.4 Å². The molecule has 0 bridgehead atoms. The number of nitrogens with one attached hydrogen (secondary N) is 1. The highest BCUT2D eigenvalue weighted by Gasteiger charge is 2.24. The molecule has 0 atom stereocenters. The molecule has 0 aliphatic carbocycles. The lowest BCUT2D eigenvalue weighted by molar-refractivity contribution is 0.464. The van der Waals surface area contributed by atoms with Gasteiger partial charge in [-0.1, -0.05) is 6.07 Å². The van der Waals surface area contributed by atoms with Crippen molar-refractivity contribution >= 4 is 31.6 Å². The minimum absolute atomic E-state index is 0.352. The summed E-state index contributed by atoms with van der Waals surface area (Å²) in [6.07, 6.45) is 1.92. The Morgan fingerprint density at radius 3 is 2.79 bits per heavy atom. The maximum Gasteiger partial charge on any atom is 0.279 e. The highest BCUT2D eigenvalue weighted by molar-refractivity contribution is 7.87. The lowest BCUT2D eigenvalue weighted by Gasteiger charge is -2.16. The number of thiophene rings is 1. The fourth-order valence-electron chi connectivity index (χ4n) is 2.32. The monoisotopic (exact) mass is 296 g/mol. The van der Waals surface area contributed by atoms with E-state index in [1.165, 1.54) is 14.4 Å². The van der Waals surface area contributed by atoms with E-state index < -0.39 is 10.2 Å². The molecular formula is C13H16N2O2S2. The summed E-state index contributed by atoms with van der Waals surface area (Å²) in [5.74, 6) is 0. The van der Waals surface area contributed by atoms with Crippen LogP contribution >= 0.6 is 11.3 Å². The molecule has 0 amide bonds. The quantitative estimate of drug-likeness (QED) is 0.941. The van der Waals surface area contributed by atoms with Crippen LogP contribution in [-0.4, -0.2) is 25.8 Å². The van der Waals surface area contributed by atoms with E-state index in [0.29, 0.717) is 19.6 Å². The summed E-state index contributed by atoms with van der Waals surface area (Å²) in [6, 6.07) is 8.11. The molecule has 6 heteroatoms. The normalized spacial score (nSPS) is 17.3. The molecule has 1 fully saturated rings. The minimum Gasteiger partial charge on any atom is -0.198 e. The predicted molar refractivity (Wildman–Crippen MR) is 78.4 cm³/mol. The second-order valence-electron chi connectivity index (χ2n) is 4.73. The van der Waals surface area contributed by atoms with E-state index in [1.807, 2.05) is 23.6 Å². The van der Waals surface area contributed by atoms with Gasteiger partial charge in [-0.25, -0.2) is 0 Å². The largest absolute Gasteiger partial charge is 0.279 e. The zero-order valence-corrected chi connectivity index (χ0v) is 12.1. The van der Waals surface area contributed by atoms with Crippen molar-refractivity contribution in [3.05, 3.63) is 35.2 Å². The molecule has 1 aromatic carbocycles. The molecule has 4 nitrogen and oxygen atoms in total. The lowest BCUT2D eigenvalue weighted by atomic mass is 10.2. The van der Waals surface area contributed by atoms with Crippen molar-refractivity contribution in [2.45, 2.75) is 19.4 Å². The van der Waals surface area contributed by atoms with Crippen LogP contribution in [0.25, 0.3) is 10.1 Å². The van der Waals surface area contributed by atoms with Gasteiger partial charge < -0.3 is 0 Å². The number of hydrogen-bond acceptors (Lipinski definition) is 3. The highest BCUT2D eigenvalue weighted by atomic mass is 32.2. The molecular weight excluding hydrogens is 280 g/mol. The maximum absolute atomic E-state index is 12.0. The molecule has 1 aromatic heterocycles. The van der Waals surface area contributed by atoms with Crippen molar-refractivity contribution in [3.8, 4) is 0 Å². The Kier molecular flexibility index (Phi) is 3.58. The fourth-order valence-corrected chi connectivity index (χ4v) is 4.36. The van der Waals surface area contributed by atoms with Crippen LogP contribution in [-0.2, 0) is 16.8 Å². The molecule has 1 aliphatic rings. The number of fused-ring (bicyclic) bond motifs is 1. The first-order valence-corrected chi connectivity index (χ1v) is 8.68. The van der Waals surface area contributed by atoms with Gasteiger partial charge in [-0.15, -0.1) is 11.3 Å². The summed E-state index contributed by atoms with van der Waals surface area (Å²) in [6.45, 7) is 1.63. The predicted octanol–water partition coefficient (Wildman–Crippen LogP) is 2.33. The van der Waals surface area contributed by atoms with Crippen LogP contribution in [0.5, 0.6) is 0 Å². The van der Waals surface area contributed by atoms with Crippen molar-refractivity contribution in [1.82, 2.24) is 9.03 Å². The van der Waals surface area contributed by atoms with Crippen LogP contribution in [0.1, 0.15) is 18.4 Å². The van der Waals surface area contributed by atoms with Crippen LogP contribution < -0.4 is 4.72 Å². The minimum atomic E-state index is -3.31. The number of nitrogens with zero attached hydrogens (tertiary/aromatic N) is 1. The Hall–Kier alpha value is -0.950. The molecule has 102 valence electrons. The zero-order valence-electron chi connectivity index (χ0n) is 10.5. The molecule has 1 aliphatic heterocycles. The van der Waals surface area contributed by atoms with Gasteiger partial charge in [0.15, 0.2) is 0 Å². The number of hydrogen-bond donors (Lipinski definition) is 1.